The van der Waals surface area contributed by atoms with E-state index in [1.807, 2.05) is 0 Å². The molecule has 26 heavy (non-hydrogen) atoms. The Bertz CT molecular complexity index is 973. The van der Waals surface area contributed by atoms with Gasteiger partial charge in [-0.15, -0.1) is 0 Å². The molecule has 0 aliphatic heterocycles. The lowest BCUT2D eigenvalue weighted by Crippen LogP contribution is -2.15. The smallest absolute Gasteiger partial charge is 0.255 e. The van der Waals surface area contributed by atoms with Crippen LogP contribution in [0.3, 0.4) is 0 Å². The van der Waals surface area contributed by atoms with Crippen LogP contribution in [0.15, 0.2) is 72.8 Å². The molecule has 130 valence electrons. The molecule has 4 nitrogen and oxygen atoms in total. The van der Waals surface area contributed by atoms with Crippen LogP contribution in [0, 0.1) is 0 Å². The number of carbonyl (C=O) groups is 2. The highest BCUT2D eigenvalue weighted by molar-refractivity contribution is 6.34. The lowest BCUT2D eigenvalue weighted by Gasteiger charge is -2.09. The Kier molecular flexibility index (Phi) is 5.56. The van der Waals surface area contributed by atoms with Crippen molar-refractivity contribution in [3.63, 3.8) is 0 Å². The fourth-order valence-corrected chi connectivity index (χ4v) is 2.70. The molecule has 0 heterocycles. The second kappa shape index (κ2) is 8.04. The van der Waals surface area contributed by atoms with Crippen molar-refractivity contribution in [3.05, 3.63) is 94.0 Å². The number of hydrogen-bond acceptors (Lipinski definition) is 2. The standard InChI is InChI=1S/C20H14Cl2N2O2/c21-15-7-4-8-16(12-15)23-19(25)13-5-3-6-14(11-13)20(26)24-18-10-2-1-9-17(18)22/h1-12H,(H,23,25)(H,24,26). The summed E-state index contributed by atoms with van der Waals surface area (Å²) >= 11 is 12.0. The van der Waals surface area contributed by atoms with E-state index in [1.165, 1.54) is 6.07 Å². The molecule has 0 bridgehead atoms. The minimum atomic E-state index is -0.351. The second-order valence-electron chi connectivity index (χ2n) is 5.48. The van der Waals surface area contributed by atoms with Crippen molar-refractivity contribution >= 4 is 46.4 Å². The molecule has 2 N–H and O–H groups in total. The van der Waals surface area contributed by atoms with Crippen molar-refractivity contribution in [2.24, 2.45) is 0 Å². The fraction of sp³-hybridized carbons (Fsp3) is 0. The van der Waals surface area contributed by atoms with Gasteiger partial charge in [0, 0.05) is 21.8 Å². The van der Waals surface area contributed by atoms with Gasteiger partial charge in [-0.1, -0.05) is 47.5 Å². The Hall–Kier alpha value is -2.82. The molecule has 2 amide bonds. The van der Waals surface area contributed by atoms with Crippen LogP contribution < -0.4 is 10.6 Å². The summed E-state index contributed by atoms with van der Waals surface area (Å²) < 4.78 is 0. The van der Waals surface area contributed by atoms with Gasteiger partial charge in [-0.05, 0) is 48.5 Å². The van der Waals surface area contributed by atoms with Gasteiger partial charge in [0.05, 0.1) is 10.7 Å². The highest BCUT2D eigenvalue weighted by Gasteiger charge is 2.12. The minimum Gasteiger partial charge on any atom is -0.322 e. The van der Waals surface area contributed by atoms with Crippen LogP contribution in [0.1, 0.15) is 20.7 Å². The number of rotatable bonds is 4. The first-order chi connectivity index (χ1) is 12.5. The predicted octanol–water partition coefficient (Wildman–Crippen LogP) is 5.50. The number of benzene rings is 3. The molecule has 0 saturated heterocycles. The van der Waals surface area contributed by atoms with Crippen molar-refractivity contribution in [1.29, 1.82) is 0 Å². The van der Waals surface area contributed by atoms with E-state index >= 15 is 0 Å². The van der Waals surface area contributed by atoms with Gasteiger partial charge >= 0.3 is 0 Å². The van der Waals surface area contributed by atoms with Crippen LogP contribution in [0.25, 0.3) is 0 Å². The van der Waals surface area contributed by atoms with Gasteiger partial charge < -0.3 is 10.6 Å². The first-order valence-corrected chi connectivity index (χ1v) is 8.51. The van der Waals surface area contributed by atoms with E-state index in [1.54, 1.807) is 66.7 Å². The third-order valence-electron chi connectivity index (χ3n) is 3.59. The van der Waals surface area contributed by atoms with Crippen LogP contribution in [0.5, 0.6) is 0 Å². The summed E-state index contributed by atoms with van der Waals surface area (Å²) in [7, 11) is 0. The molecular formula is C20H14Cl2N2O2. The molecule has 0 spiro atoms. The Labute approximate surface area is 160 Å². The molecule has 0 unspecified atom stereocenters. The highest BCUT2D eigenvalue weighted by Crippen LogP contribution is 2.21. The summed E-state index contributed by atoms with van der Waals surface area (Å²) in [5, 5.41) is 6.44. The zero-order chi connectivity index (χ0) is 18.5. The summed E-state index contributed by atoms with van der Waals surface area (Å²) in [6.07, 6.45) is 0. The van der Waals surface area contributed by atoms with Gasteiger partial charge in [0.2, 0.25) is 0 Å². The average molecular weight is 385 g/mol. The van der Waals surface area contributed by atoms with Gasteiger partial charge in [0.1, 0.15) is 0 Å². The second-order valence-corrected chi connectivity index (χ2v) is 6.32. The number of hydrogen-bond donors (Lipinski definition) is 2. The Morgan fingerprint density at radius 1 is 0.692 bits per heavy atom. The maximum atomic E-state index is 12.4. The van der Waals surface area contributed by atoms with Gasteiger partial charge in [-0.2, -0.15) is 0 Å². The normalized spacial score (nSPS) is 10.2. The maximum absolute atomic E-state index is 12.4. The zero-order valence-corrected chi connectivity index (χ0v) is 15.0. The molecule has 0 aliphatic carbocycles. The molecule has 3 aromatic carbocycles. The largest absolute Gasteiger partial charge is 0.322 e. The summed E-state index contributed by atoms with van der Waals surface area (Å²) in [6, 6.07) is 20.2. The average Bonchev–Trinajstić information content (AvgIpc) is 2.63. The van der Waals surface area contributed by atoms with E-state index in [4.69, 9.17) is 23.2 Å². The number of anilines is 2. The number of carbonyl (C=O) groups excluding carboxylic acids is 2. The zero-order valence-electron chi connectivity index (χ0n) is 13.5. The summed E-state index contributed by atoms with van der Waals surface area (Å²) in [6.45, 7) is 0. The quantitative estimate of drug-likeness (QED) is 0.623. The van der Waals surface area contributed by atoms with Crippen LogP contribution >= 0.6 is 23.2 Å². The van der Waals surface area contributed by atoms with Crippen LogP contribution in [0.2, 0.25) is 10.0 Å². The maximum Gasteiger partial charge on any atom is 0.255 e. The van der Waals surface area contributed by atoms with Crippen LogP contribution in [-0.4, -0.2) is 11.8 Å². The lowest BCUT2D eigenvalue weighted by molar-refractivity contribution is 0.102. The van der Waals surface area contributed by atoms with Crippen molar-refractivity contribution in [3.8, 4) is 0 Å². The van der Waals surface area contributed by atoms with E-state index in [9.17, 15) is 9.59 Å². The molecular weight excluding hydrogens is 371 g/mol. The Morgan fingerprint density at radius 2 is 1.35 bits per heavy atom. The summed E-state index contributed by atoms with van der Waals surface area (Å²) in [5.74, 6) is -0.685. The van der Waals surface area contributed by atoms with E-state index < -0.39 is 0 Å². The van der Waals surface area contributed by atoms with E-state index in [0.717, 1.165) is 0 Å². The highest BCUT2D eigenvalue weighted by atomic mass is 35.5. The minimum absolute atomic E-state index is 0.334. The Balaban J connectivity index is 1.76. The molecule has 3 aromatic rings. The van der Waals surface area contributed by atoms with Crippen molar-refractivity contribution in [1.82, 2.24) is 0 Å². The third kappa shape index (κ3) is 4.42. The first-order valence-electron chi connectivity index (χ1n) is 7.76. The molecule has 0 fully saturated rings. The Morgan fingerprint density at radius 3 is 2.04 bits per heavy atom. The molecule has 6 heteroatoms. The lowest BCUT2D eigenvalue weighted by atomic mass is 10.1. The fourth-order valence-electron chi connectivity index (χ4n) is 2.33. The predicted molar refractivity (Wildman–Crippen MR) is 105 cm³/mol. The monoisotopic (exact) mass is 384 g/mol. The third-order valence-corrected chi connectivity index (χ3v) is 4.16. The van der Waals surface area contributed by atoms with Crippen LogP contribution in [-0.2, 0) is 0 Å². The number of nitrogens with one attached hydrogen (secondary N) is 2. The molecule has 0 saturated carbocycles. The van der Waals surface area contributed by atoms with Gasteiger partial charge in [0.15, 0.2) is 0 Å². The molecule has 0 aliphatic rings. The van der Waals surface area contributed by atoms with Gasteiger partial charge in [-0.3, -0.25) is 9.59 Å². The molecule has 0 aromatic heterocycles. The molecule has 0 radical (unpaired) electrons. The number of para-hydroxylation sites is 1. The van der Waals surface area contributed by atoms with E-state index in [2.05, 4.69) is 10.6 Å². The summed E-state index contributed by atoms with van der Waals surface area (Å²) in [5.41, 5.74) is 1.79. The molecule has 0 atom stereocenters. The number of amides is 2. The van der Waals surface area contributed by atoms with Crippen LogP contribution in [0.4, 0.5) is 11.4 Å². The van der Waals surface area contributed by atoms with E-state index in [0.29, 0.717) is 32.5 Å². The van der Waals surface area contributed by atoms with E-state index in [-0.39, 0.29) is 11.8 Å². The topological polar surface area (TPSA) is 58.2 Å². The van der Waals surface area contributed by atoms with Crippen molar-refractivity contribution in [2.75, 3.05) is 10.6 Å². The van der Waals surface area contributed by atoms with Crippen molar-refractivity contribution in [2.45, 2.75) is 0 Å². The van der Waals surface area contributed by atoms with Gasteiger partial charge in [-0.25, -0.2) is 0 Å². The van der Waals surface area contributed by atoms with Gasteiger partial charge in [0.25, 0.3) is 11.8 Å². The molecule has 3 rings (SSSR count). The first kappa shape index (κ1) is 18.0. The van der Waals surface area contributed by atoms with Crippen molar-refractivity contribution < 1.29 is 9.59 Å². The summed E-state index contributed by atoms with van der Waals surface area (Å²) in [4.78, 5) is 24.8. The SMILES string of the molecule is O=C(Nc1cccc(Cl)c1)c1cccc(C(=O)Nc2ccccc2Cl)c1. The number of halogens is 2.